The lowest BCUT2D eigenvalue weighted by atomic mass is 9.89. The van der Waals surface area contributed by atoms with Crippen LogP contribution in [0.1, 0.15) is 33.2 Å². The molecule has 3 rings (SSSR count). The molecule has 0 bridgehead atoms. The highest BCUT2D eigenvalue weighted by Crippen LogP contribution is 2.36. The van der Waals surface area contributed by atoms with Gasteiger partial charge in [0.25, 0.3) is 5.91 Å². The van der Waals surface area contributed by atoms with Crippen molar-refractivity contribution < 1.29 is 33.3 Å². The van der Waals surface area contributed by atoms with Crippen molar-refractivity contribution in [2.24, 2.45) is 0 Å². The second-order valence-corrected chi connectivity index (χ2v) is 7.23. The van der Waals surface area contributed by atoms with Crippen molar-refractivity contribution in [3.63, 3.8) is 0 Å². The Bertz CT molecular complexity index is 1040. The normalized spacial score (nSPS) is 17.4. The number of anilines is 1. The molecule has 0 saturated carbocycles. The average Bonchev–Trinajstić information content (AvgIpc) is 2.73. The molecule has 2 aromatic carbocycles. The number of rotatable bonds is 5. The highest BCUT2D eigenvalue weighted by molar-refractivity contribution is 6.31. The molecule has 8 nitrogen and oxygen atoms in total. The number of fused-ring (bicyclic) bond motifs is 1. The number of methoxy groups -OCH3 is 3. The summed E-state index contributed by atoms with van der Waals surface area (Å²) in [5.41, 5.74) is -0.369. The summed E-state index contributed by atoms with van der Waals surface area (Å²) < 4.78 is 20.7. The van der Waals surface area contributed by atoms with E-state index in [9.17, 15) is 14.4 Å². The Morgan fingerprint density at radius 1 is 1.10 bits per heavy atom. The first-order chi connectivity index (χ1) is 14.2. The van der Waals surface area contributed by atoms with E-state index in [0.717, 1.165) is 0 Å². The Morgan fingerprint density at radius 2 is 1.77 bits per heavy atom. The number of hydrogen-bond acceptors (Lipinski definition) is 7. The van der Waals surface area contributed by atoms with Crippen molar-refractivity contribution in [1.29, 1.82) is 0 Å². The molecule has 1 amide bonds. The number of ether oxygens (including phenoxy) is 4. The third-order valence-electron chi connectivity index (χ3n) is 4.80. The molecule has 30 heavy (non-hydrogen) atoms. The van der Waals surface area contributed by atoms with E-state index in [1.54, 1.807) is 12.1 Å². The summed E-state index contributed by atoms with van der Waals surface area (Å²) in [5.74, 6) is -1.37. The van der Waals surface area contributed by atoms with Gasteiger partial charge < -0.3 is 24.3 Å². The topological polar surface area (TPSA) is 100 Å². The van der Waals surface area contributed by atoms with E-state index < -0.39 is 23.4 Å². The molecule has 0 aromatic heterocycles. The van der Waals surface area contributed by atoms with E-state index >= 15 is 0 Å². The molecule has 1 N–H and O–H groups in total. The molecule has 0 unspecified atom stereocenters. The third kappa shape index (κ3) is 3.91. The summed E-state index contributed by atoms with van der Waals surface area (Å²) in [6.07, 6.45) is 0.137. The molecular formula is C21H20ClNO7. The minimum Gasteiger partial charge on any atom is -0.493 e. The van der Waals surface area contributed by atoms with Crippen molar-refractivity contribution in [3.8, 4) is 11.5 Å². The van der Waals surface area contributed by atoms with Crippen LogP contribution >= 0.6 is 11.6 Å². The van der Waals surface area contributed by atoms with Crippen LogP contribution in [-0.4, -0.2) is 44.8 Å². The monoisotopic (exact) mass is 433 g/mol. The van der Waals surface area contributed by atoms with Crippen LogP contribution in [0.25, 0.3) is 0 Å². The predicted octanol–water partition coefficient (Wildman–Crippen LogP) is 3.25. The molecule has 0 radical (unpaired) electrons. The number of carbonyl (C=O) groups excluding carboxylic acids is 3. The van der Waals surface area contributed by atoms with Crippen molar-refractivity contribution in [2.45, 2.75) is 18.9 Å². The third-order valence-corrected chi connectivity index (χ3v) is 5.03. The Morgan fingerprint density at radius 3 is 2.40 bits per heavy atom. The van der Waals surface area contributed by atoms with Gasteiger partial charge in [0.05, 0.1) is 38.1 Å². The number of amides is 1. The number of benzene rings is 2. The van der Waals surface area contributed by atoms with Gasteiger partial charge in [0.2, 0.25) is 0 Å². The fourth-order valence-electron chi connectivity index (χ4n) is 3.19. The summed E-state index contributed by atoms with van der Waals surface area (Å²) in [5, 5.41) is 3.04. The van der Waals surface area contributed by atoms with E-state index in [2.05, 4.69) is 5.32 Å². The number of nitrogens with one attached hydrogen (secondary N) is 1. The SMILES string of the molecule is COC(=O)c1cc(OC)c(OC)cc1NC(=O)[C@]1(C)Cc2ccc(Cl)cc2C(=O)O1. The van der Waals surface area contributed by atoms with Crippen LogP contribution in [0, 0.1) is 0 Å². The van der Waals surface area contributed by atoms with Gasteiger partial charge in [-0.25, -0.2) is 9.59 Å². The molecule has 1 atom stereocenters. The molecule has 0 saturated heterocycles. The summed E-state index contributed by atoms with van der Waals surface area (Å²) in [4.78, 5) is 37.8. The van der Waals surface area contributed by atoms with E-state index in [-0.39, 0.29) is 23.4 Å². The van der Waals surface area contributed by atoms with Crippen molar-refractivity contribution in [1.82, 2.24) is 0 Å². The first-order valence-corrected chi connectivity index (χ1v) is 9.27. The van der Waals surface area contributed by atoms with Gasteiger partial charge in [-0.3, -0.25) is 4.79 Å². The zero-order valence-electron chi connectivity index (χ0n) is 16.8. The molecule has 2 aromatic rings. The van der Waals surface area contributed by atoms with Crippen LogP contribution in [0.2, 0.25) is 5.02 Å². The first kappa shape index (κ1) is 21.4. The van der Waals surface area contributed by atoms with Crippen molar-refractivity contribution >= 4 is 35.1 Å². The Hall–Kier alpha value is -3.26. The molecule has 0 spiro atoms. The van der Waals surface area contributed by atoms with Gasteiger partial charge in [-0.2, -0.15) is 0 Å². The fraction of sp³-hybridized carbons (Fsp3) is 0.286. The molecule has 158 valence electrons. The smallest absolute Gasteiger partial charge is 0.340 e. The molecular weight excluding hydrogens is 414 g/mol. The van der Waals surface area contributed by atoms with E-state index in [1.165, 1.54) is 46.5 Å². The average molecular weight is 434 g/mol. The highest BCUT2D eigenvalue weighted by atomic mass is 35.5. The second kappa shape index (κ2) is 8.23. The van der Waals surface area contributed by atoms with E-state index in [0.29, 0.717) is 21.9 Å². The van der Waals surface area contributed by atoms with Gasteiger partial charge in [-0.15, -0.1) is 0 Å². The second-order valence-electron chi connectivity index (χ2n) is 6.80. The highest BCUT2D eigenvalue weighted by Gasteiger charge is 2.43. The minimum atomic E-state index is -1.50. The van der Waals surface area contributed by atoms with Crippen molar-refractivity contribution in [2.75, 3.05) is 26.6 Å². The van der Waals surface area contributed by atoms with Gasteiger partial charge in [-0.05, 0) is 24.6 Å². The van der Waals surface area contributed by atoms with E-state index in [4.69, 9.17) is 30.5 Å². The van der Waals surface area contributed by atoms with Gasteiger partial charge in [0.1, 0.15) is 0 Å². The van der Waals surface area contributed by atoms with Crippen LogP contribution in [0.4, 0.5) is 5.69 Å². The number of cyclic esters (lactones) is 1. The molecule has 1 aliphatic heterocycles. The first-order valence-electron chi connectivity index (χ1n) is 8.90. The number of hydrogen-bond donors (Lipinski definition) is 1. The maximum atomic E-state index is 13.1. The summed E-state index contributed by atoms with van der Waals surface area (Å²) in [7, 11) is 4.06. The molecule has 1 heterocycles. The zero-order chi connectivity index (χ0) is 22.1. The lowest BCUT2D eigenvalue weighted by Crippen LogP contribution is -2.49. The van der Waals surface area contributed by atoms with E-state index in [1.807, 2.05) is 0 Å². The van der Waals surface area contributed by atoms with Gasteiger partial charge in [-0.1, -0.05) is 17.7 Å². The quantitative estimate of drug-likeness (QED) is 0.722. The fourth-order valence-corrected chi connectivity index (χ4v) is 3.37. The summed E-state index contributed by atoms with van der Waals surface area (Å²) in [6, 6.07) is 7.65. The molecule has 0 fully saturated rings. The maximum absolute atomic E-state index is 13.1. The Labute approximate surface area is 178 Å². The lowest BCUT2D eigenvalue weighted by molar-refractivity contribution is -0.134. The number of esters is 2. The molecule has 9 heteroatoms. The predicted molar refractivity (Wildman–Crippen MR) is 108 cm³/mol. The largest absolute Gasteiger partial charge is 0.493 e. The maximum Gasteiger partial charge on any atom is 0.340 e. The standard InChI is InChI=1S/C21H20ClNO7/c1-21(10-11-5-6-12(22)7-13(11)19(25)30-21)20(26)23-15-9-17(28-3)16(27-2)8-14(15)18(24)29-4/h5-9H,10H2,1-4H3,(H,23,26)/t21-/m0/s1. The molecule has 0 aliphatic carbocycles. The molecule has 1 aliphatic rings. The lowest BCUT2D eigenvalue weighted by Gasteiger charge is -2.33. The van der Waals surface area contributed by atoms with Crippen molar-refractivity contribution in [3.05, 3.63) is 52.0 Å². The van der Waals surface area contributed by atoms with Gasteiger partial charge >= 0.3 is 11.9 Å². The van der Waals surface area contributed by atoms with Crippen LogP contribution in [-0.2, 0) is 20.7 Å². The van der Waals surface area contributed by atoms with Crippen LogP contribution in [0.15, 0.2) is 30.3 Å². The van der Waals surface area contributed by atoms with Crippen LogP contribution in [0.3, 0.4) is 0 Å². The Kier molecular flexibility index (Phi) is 5.89. The van der Waals surface area contributed by atoms with Crippen LogP contribution < -0.4 is 14.8 Å². The zero-order valence-corrected chi connectivity index (χ0v) is 17.6. The summed E-state index contributed by atoms with van der Waals surface area (Å²) in [6.45, 7) is 1.50. The Balaban J connectivity index is 1.96. The number of carbonyl (C=O) groups is 3. The van der Waals surface area contributed by atoms with Gasteiger partial charge in [0, 0.05) is 23.6 Å². The summed E-state index contributed by atoms with van der Waals surface area (Å²) >= 11 is 5.94. The minimum absolute atomic E-state index is 0.0569. The van der Waals surface area contributed by atoms with Gasteiger partial charge in [0.15, 0.2) is 17.1 Å². The number of halogens is 1. The van der Waals surface area contributed by atoms with Crippen LogP contribution in [0.5, 0.6) is 11.5 Å².